The summed E-state index contributed by atoms with van der Waals surface area (Å²) in [5, 5.41) is 0. The summed E-state index contributed by atoms with van der Waals surface area (Å²) in [6, 6.07) is 2.40. The Morgan fingerprint density at radius 3 is 2.75 bits per heavy atom. The molecule has 2 rings (SSSR count). The van der Waals surface area contributed by atoms with Crippen LogP contribution in [0.2, 0.25) is 0 Å². The van der Waals surface area contributed by atoms with Crippen LogP contribution < -0.4 is 16.4 Å². The molecule has 1 aliphatic rings. The summed E-state index contributed by atoms with van der Waals surface area (Å²) in [6.45, 7) is 7.30. The smallest absolute Gasteiger partial charge is 0.222 e. The number of nitrogens with two attached hydrogens (primary N) is 2. The fourth-order valence-corrected chi connectivity index (χ4v) is 2.97. The second-order valence-electron chi connectivity index (χ2n) is 5.76. The molecule has 0 bridgehead atoms. The van der Waals surface area contributed by atoms with E-state index in [1.807, 2.05) is 13.0 Å². The number of anilines is 1. The summed E-state index contributed by atoms with van der Waals surface area (Å²) >= 11 is 0. The number of carbonyl (C=O) groups is 1. The molecule has 4 N–H and O–H groups in total. The predicted molar refractivity (Wildman–Crippen MR) is 80.3 cm³/mol. The minimum atomic E-state index is -0.222. The van der Waals surface area contributed by atoms with Crippen molar-refractivity contribution in [2.75, 3.05) is 11.4 Å². The molecule has 0 aromatic carbocycles. The molecule has 0 spiro atoms. The number of hydrogen-bond acceptors (Lipinski definition) is 4. The van der Waals surface area contributed by atoms with Gasteiger partial charge in [0.15, 0.2) is 0 Å². The van der Waals surface area contributed by atoms with E-state index in [1.165, 1.54) is 0 Å². The van der Waals surface area contributed by atoms with Crippen molar-refractivity contribution >= 4 is 11.7 Å². The fourth-order valence-electron chi connectivity index (χ4n) is 2.97. The number of amides is 1. The van der Waals surface area contributed by atoms with Crippen molar-refractivity contribution in [1.82, 2.24) is 4.98 Å². The number of aromatic nitrogens is 1. The van der Waals surface area contributed by atoms with Gasteiger partial charge in [-0.05, 0) is 45.2 Å². The Bertz CT molecular complexity index is 515. The van der Waals surface area contributed by atoms with E-state index in [0.717, 1.165) is 35.5 Å². The zero-order valence-corrected chi connectivity index (χ0v) is 12.5. The van der Waals surface area contributed by atoms with Gasteiger partial charge in [0.2, 0.25) is 5.91 Å². The summed E-state index contributed by atoms with van der Waals surface area (Å²) in [4.78, 5) is 18.3. The van der Waals surface area contributed by atoms with Crippen LogP contribution >= 0.6 is 0 Å². The van der Waals surface area contributed by atoms with Crippen LogP contribution in [0.5, 0.6) is 0 Å². The number of rotatable bonds is 3. The second-order valence-corrected chi connectivity index (χ2v) is 5.76. The highest BCUT2D eigenvalue weighted by molar-refractivity contribution is 5.77. The van der Waals surface area contributed by atoms with Crippen LogP contribution in [-0.2, 0) is 11.3 Å². The van der Waals surface area contributed by atoms with E-state index >= 15 is 0 Å². The Balaban J connectivity index is 2.40. The van der Waals surface area contributed by atoms with Crippen molar-refractivity contribution in [3.05, 3.63) is 22.9 Å². The van der Waals surface area contributed by atoms with E-state index in [-0.39, 0.29) is 11.8 Å². The quantitative estimate of drug-likeness (QED) is 0.870. The molecule has 1 saturated heterocycles. The van der Waals surface area contributed by atoms with Gasteiger partial charge in [-0.1, -0.05) is 0 Å². The molecule has 2 unspecified atom stereocenters. The summed E-state index contributed by atoms with van der Waals surface area (Å²) < 4.78 is 0. The van der Waals surface area contributed by atoms with Gasteiger partial charge in [-0.2, -0.15) is 0 Å². The molecular weight excluding hydrogens is 252 g/mol. The van der Waals surface area contributed by atoms with Gasteiger partial charge in [0.05, 0.1) is 5.92 Å². The lowest BCUT2D eigenvalue weighted by atomic mass is 9.92. The first kappa shape index (κ1) is 14.8. The van der Waals surface area contributed by atoms with Gasteiger partial charge in [0.25, 0.3) is 0 Å². The van der Waals surface area contributed by atoms with Gasteiger partial charge >= 0.3 is 0 Å². The Morgan fingerprint density at radius 2 is 2.15 bits per heavy atom. The normalized spacial score (nSPS) is 22.9. The molecule has 0 saturated carbocycles. The Kier molecular flexibility index (Phi) is 4.28. The molecule has 20 heavy (non-hydrogen) atoms. The van der Waals surface area contributed by atoms with Crippen molar-refractivity contribution < 1.29 is 4.79 Å². The molecule has 1 amide bonds. The van der Waals surface area contributed by atoms with E-state index in [9.17, 15) is 4.79 Å². The monoisotopic (exact) mass is 276 g/mol. The summed E-state index contributed by atoms with van der Waals surface area (Å²) in [6.07, 6.45) is 1.81. The first-order valence-corrected chi connectivity index (χ1v) is 7.17. The van der Waals surface area contributed by atoms with Crippen LogP contribution in [0.15, 0.2) is 6.07 Å². The van der Waals surface area contributed by atoms with Crippen molar-refractivity contribution in [2.24, 2.45) is 17.4 Å². The van der Waals surface area contributed by atoms with Crippen LogP contribution in [0.25, 0.3) is 0 Å². The van der Waals surface area contributed by atoms with Crippen LogP contribution in [0.1, 0.15) is 36.6 Å². The van der Waals surface area contributed by atoms with Crippen LogP contribution in [0.4, 0.5) is 5.82 Å². The number of primary amides is 1. The molecular formula is C15H24N4O. The Morgan fingerprint density at radius 1 is 1.45 bits per heavy atom. The SMILES string of the molecule is Cc1cc(C)c(CN)c(N2CC(C(N)=O)CCC2C)n1. The standard InChI is InChI=1S/C15H24N4O/c1-9-6-10(2)18-15(13(9)7-16)19-8-12(14(17)20)5-4-11(19)3/h6,11-12H,4-5,7-8,16H2,1-3H3,(H2,17,20). The van der Waals surface area contributed by atoms with Gasteiger partial charge in [-0.3, -0.25) is 4.79 Å². The van der Waals surface area contributed by atoms with E-state index in [2.05, 4.69) is 23.7 Å². The van der Waals surface area contributed by atoms with Crippen LogP contribution in [-0.4, -0.2) is 23.5 Å². The van der Waals surface area contributed by atoms with Crippen molar-refractivity contribution in [2.45, 2.75) is 46.2 Å². The lowest BCUT2D eigenvalue weighted by molar-refractivity contribution is -0.122. The maximum absolute atomic E-state index is 11.5. The zero-order valence-electron chi connectivity index (χ0n) is 12.5. The number of nitrogens with zero attached hydrogens (tertiary/aromatic N) is 2. The molecule has 110 valence electrons. The molecule has 5 heteroatoms. The highest BCUT2D eigenvalue weighted by Crippen LogP contribution is 2.30. The van der Waals surface area contributed by atoms with E-state index in [1.54, 1.807) is 0 Å². The molecule has 1 aliphatic heterocycles. The molecule has 1 aromatic heterocycles. The van der Waals surface area contributed by atoms with E-state index < -0.39 is 0 Å². The predicted octanol–water partition coefficient (Wildman–Crippen LogP) is 1.25. The number of hydrogen-bond donors (Lipinski definition) is 2. The van der Waals surface area contributed by atoms with Gasteiger partial charge < -0.3 is 16.4 Å². The van der Waals surface area contributed by atoms with Gasteiger partial charge in [0.1, 0.15) is 5.82 Å². The molecule has 2 atom stereocenters. The maximum Gasteiger partial charge on any atom is 0.222 e. The average molecular weight is 276 g/mol. The molecule has 1 fully saturated rings. The molecule has 0 aliphatic carbocycles. The number of pyridine rings is 1. The highest BCUT2D eigenvalue weighted by atomic mass is 16.1. The summed E-state index contributed by atoms with van der Waals surface area (Å²) in [5.41, 5.74) is 14.6. The van der Waals surface area contributed by atoms with Crippen molar-refractivity contribution in [1.29, 1.82) is 0 Å². The third-order valence-corrected chi connectivity index (χ3v) is 4.21. The molecule has 1 aromatic rings. The van der Waals surface area contributed by atoms with Crippen molar-refractivity contribution in [3.8, 4) is 0 Å². The number of aryl methyl sites for hydroxylation is 2. The number of carbonyl (C=O) groups excluding carboxylic acids is 1. The molecule has 0 radical (unpaired) electrons. The van der Waals surface area contributed by atoms with Crippen molar-refractivity contribution in [3.63, 3.8) is 0 Å². The van der Waals surface area contributed by atoms with Gasteiger partial charge in [-0.15, -0.1) is 0 Å². The Hall–Kier alpha value is -1.62. The van der Waals surface area contributed by atoms with E-state index in [4.69, 9.17) is 11.5 Å². The summed E-state index contributed by atoms with van der Waals surface area (Å²) in [5.74, 6) is 0.600. The molecule has 2 heterocycles. The Labute approximate surface area is 120 Å². The third kappa shape index (κ3) is 2.77. The molecule has 5 nitrogen and oxygen atoms in total. The topological polar surface area (TPSA) is 85.2 Å². The lowest BCUT2D eigenvalue weighted by Gasteiger charge is -2.39. The van der Waals surface area contributed by atoms with Gasteiger partial charge in [0, 0.05) is 30.4 Å². The van der Waals surface area contributed by atoms with E-state index in [0.29, 0.717) is 19.1 Å². The lowest BCUT2D eigenvalue weighted by Crippen LogP contribution is -2.46. The van der Waals surface area contributed by atoms with Gasteiger partial charge in [-0.25, -0.2) is 4.98 Å². The minimum Gasteiger partial charge on any atom is -0.369 e. The maximum atomic E-state index is 11.5. The number of piperidine rings is 1. The van der Waals surface area contributed by atoms with Crippen LogP contribution in [0.3, 0.4) is 0 Å². The zero-order chi connectivity index (χ0) is 14.9. The minimum absolute atomic E-state index is 0.0977. The first-order valence-electron chi connectivity index (χ1n) is 7.17. The fraction of sp³-hybridized carbons (Fsp3) is 0.600. The second kappa shape index (κ2) is 5.79. The third-order valence-electron chi connectivity index (χ3n) is 4.21. The average Bonchev–Trinajstić information content (AvgIpc) is 2.38. The highest BCUT2D eigenvalue weighted by Gasteiger charge is 2.30. The largest absolute Gasteiger partial charge is 0.369 e. The first-order chi connectivity index (χ1) is 9.43. The summed E-state index contributed by atoms with van der Waals surface area (Å²) in [7, 11) is 0. The van der Waals surface area contributed by atoms with Crippen LogP contribution in [0, 0.1) is 19.8 Å².